The Hall–Kier alpha value is -3.96. The van der Waals surface area contributed by atoms with Gasteiger partial charge in [0.1, 0.15) is 17.3 Å². The minimum Gasteiger partial charge on any atom is -2.00 e. The molecule has 0 atom stereocenters. The predicted octanol–water partition coefficient (Wildman–Crippen LogP) is 2.17. The van der Waals surface area contributed by atoms with Gasteiger partial charge in [0.25, 0.3) is 0 Å². The SMILES string of the molecule is CC(C)=O.COc1cccc(C=NCC(C)(C)CN=Cc2cccc(OC)c2[O-])c1[O-].O=[N+]([O-])[O-].O=[N+]([O-])[O-].O=[N+]([O-])[O-].[Er+3].[O-2].[V+4]. The van der Waals surface area contributed by atoms with Gasteiger partial charge in [0.15, 0.2) is 0 Å². The number of aliphatic imine (C=N–C) groups is 2. The second-order valence-electron chi connectivity index (χ2n) is 8.44. The summed E-state index contributed by atoms with van der Waals surface area (Å²) < 4.78 is 10.1. The van der Waals surface area contributed by atoms with E-state index in [1.54, 1.807) is 48.8 Å². The number of carbonyl (C=O) groups is 1. The van der Waals surface area contributed by atoms with Gasteiger partial charge in [0.05, 0.1) is 29.5 Å². The molecule has 0 spiro atoms. The zero-order valence-electron chi connectivity index (χ0n) is 25.1. The third kappa shape index (κ3) is 34.5. The Bertz CT molecular complexity index is 1100. The van der Waals surface area contributed by atoms with Crippen molar-refractivity contribution in [1.29, 1.82) is 0 Å². The minimum atomic E-state index is -1.75. The molecule has 0 amide bonds. The smallest absolute Gasteiger partial charge is 2.00 e. The Labute approximate surface area is 304 Å². The number of ether oxygens (including phenoxy) is 2. The summed E-state index contributed by atoms with van der Waals surface area (Å²) in [6.45, 7) is 8.08. The molecule has 0 fully saturated rings. The maximum Gasteiger partial charge on any atom is 4.00 e. The van der Waals surface area contributed by atoms with Gasteiger partial charge < -0.3 is 75.9 Å². The molecule has 2 aromatic rings. The number of para-hydroxylation sites is 2. The number of nitrogens with zero attached hydrogens (tertiary/aromatic N) is 5. The summed E-state index contributed by atoms with van der Waals surface area (Å²) in [6.07, 6.45) is 3.13. The van der Waals surface area contributed by atoms with E-state index in [0.717, 1.165) is 0 Å². The molecule has 0 aliphatic carbocycles. The number of Topliss-reactive ketones (excluding diaryl/α,β-unsaturated/α-hetero) is 1. The molecule has 0 N–H and O–H groups in total. The van der Waals surface area contributed by atoms with Gasteiger partial charge in [0, 0.05) is 30.9 Å². The van der Waals surface area contributed by atoms with Crippen molar-refractivity contribution in [3.05, 3.63) is 93.5 Å². The van der Waals surface area contributed by atoms with Gasteiger partial charge in [-0.3, -0.25) is 9.98 Å². The summed E-state index contributed by atoms with van der Waals surface area (Å²) in [6, 6.07) is 10.2. The van der Waals surface area contributed by atoms with Crippen LogP contribution in [0, 0.1) is 88.7 Å². The first kappa shape index (κ1) is 54.5. The fraction of sp³-hybridized carbons (Fsp3) is 0.375. The third-order valence-corrected chi connectivity index (χ3v) is 3.96. The molecule has 22 heteroatoms. The summed E-state index contributed by atoms with van der Waals surface area (Å²) in [4.78, 5) is 43.0. The Morgan fingerprint density at radius 1 is 0.739 bits per heavy atom. The van der Waals surface area contributed by atoms with Gasteiger partial charge in [0.2, 0.25) is 0 Å². The molecule has 0 saturated heterocycles. The maximum atomic E-state index is 12.1. The average molecular weight is 847 g/mol. The van der Waals surface area contributed by atoms with Crippen LogP contribution in [0.3, 0.4) is 0 Å². The molecular weight excluding hydrogens is 816 g/mol. The first-order chi connectivity index (χ1) is 19.8. The molecular formula is C24H30ErN5O15V. The number of rotatable bonds is 8. The minimum absolute atomic E-state index is 0. The van der Waals surface area contributed by atoms with Crippen molar-refractivity contribution in [1.82, 2.24) is 0 Å². The Morgan fingerprint density at radius 2 is 0.978 bits per heavy atom. The van der Waals surface area contributed by atoms with Crippen molar-refractivity contribution in [2.75, 3.05) is 27.3 Å². The first-order valence-corrected chi connectivity index (χ1v) is 11.4. The van der Waals surface area contributed by atoms with E-state index in [9.17, 15) is 15.0 Å². The second kappa shape index (κ2) is 31.0. The number of hydrogen-bond acceptors (Lipinski definition) is 16. The molecule has 2 aromatic carbocycles. The first-order valence-electron chi connectivity index (χ1n) is 11.4. The standard InChI is InChI=1S/C21H26N2O4.C3H6O.Er.3NO3.O.V/c1-21(2,13-22-11-15-7-5-9-17(26-3)19(15)24)14-23-12-16-8-6-10-18(27-4)20(16)25;1-3(2)4;;3*2-1(3)4;;/h5-12,24-25H,13-14H2,1-4H3;1-2H3;;;;;;/q;;+3;3*-1;-2;+4/p-2. The number of hydrogen-bond donors (Lipinski definition) is 0. The largest absolute Gasteiger partial charge is 4.00 e. The van der Waals surface area contributed by atoms with Gasteiger partial charge in [-0.15, -0.1) is 0 Å². The van der Waals surface area contributed by atoms with Gasteiger partial charge in [-0.2, -0.15) is 0 Å². The van der Waals surface area contributed by atoms with E-state index in [1.807, 2.05) is 13.8 Å². The van der Waals surface area contributed by atoms with Gasteiger partial charge >= 0.3 is 55.9 Å². The number of benzene rings is 2. The zero-order chi connectivity index (χ0) is 34.2. The molecule has 0 aliphatic rings. The van der Waals surface area contributed by atoms with E-state index in [0.29, 0.717) is 35.7 Å². The fourth-order valence-electron chi connectivity index (χ4n) is 2.42. The van der Waals surface area contributed by atoms with Crippen molar-refractivity contribution in [2.24, 2.45) is 15.4 Å². The van der Waals surface area contributed by atoms with Gasteiger partial charge in [-0.25, -0.2) is 0 Å². The Balaban J connectivity index is -0.000000176. The summed E-state index contributed by atoms with van der Waals surface area (Å²) in [7, 11) is 2.93. The van der Waals surface area contributed by atoms with Crippen LogP contribution in [-0.2, 0) is 28.8 Å². The maximum absolute atomic E-state index is 12.1. The molecule has 0 bridgehead atoms. The van der Waals surface area contributed by atoms with E-state index >= 15 is 0 Å². The molecule has 46 heavy (non-hydrogen) atoms. The molecule has 20 nitrogen and oxygen atoms in total. The molecule has 258 valence electrons. The van der Waals surface area contributed by atoms with Crippen LogP contribution in [0.4, 0.5) is 0 Å². The Morgan fingerprint density at radius 3 is 1.20 bits per heavy atom. The quantitative estimate of drug-likeness (QED) is 0.209. The molecule has 0 saturated carbocycles. The van der Waals surface area contributed by atoms with Crippen LogP contribution in [0.1, 0.15) is 38.8 Å². The summed E-state index contributed by atoms with van der Waals surface area (Å²) in [5.41, 5.74) is 0.749. The summed E-state index contributed by atoms with van der Waals surface area (Å²) in [5, 5.41) is 68.4. The van der Waals surface area contributed by atoms with E-state index in [1.165, 1.54) is 28.1 Å². The van der Waals surface area contributed by atoms with Crippen LogP contribution >= 0.6 is 0 Å². The van der Waals surface area contributed by atoms with Crippen LogP contribution < -0.4 is 19.7 Å². The van der Waals surface area contributed by atoms with Crippen LogP contribution in [0.5, 0.6) is 23.0 Å². The second-order valence-corrected chi connectivity index (χ2v) is 8.44. The van der Waals surface area contributed by atoms with Crippen LogP contribution in [-0.4, -0.2) is 60.8 Å². The van der Waals surface area contributed by atoms with Crippen LogP contribution in [0.25, 0.3) is 0 Å². The van der Waals surface area contributed by atoms with Crippen molar-refractivity contribution in [2.45, 2.75) is 27.7 Å². The van der Waals surface area contributed by atoms with Crippen molar-refractivity contribution in [3.8, 4) is 23.0 Å². The molecule has 0 aliphatic heterocycles. The average Bonchev–Trinajstić information content (AvgIpc) is 2.84. The molecule has 2 rings (SSSR count). The molecule has 0 heterocycles. The normalized spacial score (nSPS) is 9.17. The van der Waals surface area contributed by atoms with E-state index in [2.05, 4.69) is 9.98 Å². The molecule has 2 radical (unpaired) electrons. The van der Waals surface area contributed by atoms with Crippen LogP contribution in [0.2, 0.25) is 0 Å². The number of ketones is 1. The van der Waals surface area contributed by atoms with Crippen LogP contribution in [0.15, 0.2) is 46.4 Å². The number of carbonyl (C=O) groups excluding carboxylic acids is 1. The van der Waals surface area contributed by atoms with E-state index < -0.39 is 15.3 Å². The zero-order valence-corrected chi connectivity index (χ0v) is 28.4. The van der Waals surface area contributed by atoms with Gasteiger partial charge in [-0.05, 0) is 37.1 Å². The Kier molecular flexibility index (Phi) is 36.8. The molecule has 0 unspecified atom stereocenters. The third-order valence-electron chi connectivity index (χ3n) is 3.96. The van der Waals surface area contributed by atoms with Crippen molar-refractivity contribution >= 4 is 18.2 Å². The monoisotopic (exact) mass is 845 g/mol. The fourth-order valence-corrected chi connectivity index (χ4v) is 2.42. The summed E-state index contributed by atoms with van der Waals surface area (Å²) in [5.74, 6) is 0.408. The van der Waals surface area contributed by atoms with E-state index in [-0.39, 0.29) is 84.0 Å². The summed E-state index contributed by atoms with van der Waals surface area (Å²) >= 11 is 0. The van der Waals surface area contributed by atoms with Crippen molar-refractivity contribution in [3.63, 3.8) is 0 Å². The topological polar surface area (TPSA) is 333 Å². The van der Waals surface area contributed by atoms with E-state index in [4.69, 9.17) is 55.4 Å². The predicted molar refractivity (Wildman–Crippen MR) is 152 cm³/mol. The van der Waals surface area contributed by atoms with Gasteiger partial charge in [-0.1, -0.05) is 49.6 Å². The molecule has 0 aromatic heterocycles. The van der Waals surface area contributed by atoms with Crippen molar-refractivity contribution < 1.29 is 101 Å². The number of methoxy groups -OCH3 is 2.